The van der Waals surface area contributed by atoms with Crippen LogP contribution in [-0.4, -0.2) is 11.0 Å². The maximum absolute atomic E-state index is 2.49. The van der Waals surface area contributed by atoms with Crippen molar-refractivity contribution in [2.24, 2.45) is 0 Å². The molecular weight excluding hydrogens is 152 g/mol. The molecule has 1 aliphatic carbocycles. The Morgan fingerprint density at radius 1 is 1.45 bits per heavy atom. The van der Waals surface area contributed by atoms with Crippen molar-refractivity contribution in [1.82, 2.24) is 0 Å². The van der Waals surface area contributed by atoms with Crippen molar-refractivity contribution in [3.8, 4) is 0 Å². The van der Waals surface area contributed by atoms with Crippen LogP contribution in [0.15, 0.2) is 0 Å². The first-order chi connectivity index (χ1) is 5.43. The van der Waals surface area contributed by atoms with Crippen LogP contribution in [0.4, 0.5) is 0 Å². The predicted octanol–water partition coefficient (Wildman–Crippen LogP) is 3.48. The Morgan fingerprint density at radius 3 is 3.00 bits per heavy atom. The number of rotatable bonds is 4. The normalized spacial score (nSPS) is 20.5. The van der Waals surface area contributed by atoms with E-state index in [1.807, 2.05) is 0 Å². The summed E-state index contributed by atoms with van der Waals surface area (Å²) in [4.78, 5) is 0. The topological polar surface area (TPSA) is 0 Å². The van der Waals surface area contributed by atoms with Crippen LogP contribution in [0.2, 0.25) is 0 Å². The van der Waals surface area contributed by atoms with Crippen molar-refractivity contribution in [3.05, 3.63) is 12.8 Å². The van der Waals surface area contributed by atoms with Gasteiger partial charge in [-0.25, -0.2) is 0 Å². The lowest BCUT2D eigenvalue weighted by Gasteiger charge is -2.20. The summed E-state index contributed by atoms with van der Waals surface area (Å²) < 4.78 is 0. The van der Waals surface area contributed by atoms with Gasteiger partial charge in [-0.2, -0.15) is 11.8 Å². The molecule has 0 bridgehead atoms. The summed E-state index contributed by atoms with van der Waals surface area (Å²) in [6.45, 7) is 2.26. The molecule has 11 heavy (non-hydrogen) atoms. The van der Waals surface area contributed by atoms with Crippen molar-refractivity contribution in [1.29, 1.82) is 0 Å². The zero-order valence-electron chi connectivity index (χ0n) is 7.38. The second-order valence-corrected chi connectivity index (χ2v) is 4.45. The second-order valence-electron chi connectivity index (χ2n) is 3.10. The molecule has 0 heterocycles. The standard InChI is InChI=1S/C10H18S/c1-2-3-9-11-10-7-5-4-6-8-10/h5,8,10H,2-4,6-7,9H2,1H3. The Morgan fingerprint density at radius 2 is 2.36 bits per heavy atom. The maximum Gasteiger partial charge on any atom is 0.00811 e. The minimum atomic E-state index is 0.843. The van der Waals surface area contributed by atoms with Crippen molar-refractivity contribution in [3.63, 3.8) is 0 Å². The fraction of sp³-hybridized carbons (Fsp3) is 0.800. The van der Waals surface area contributed by atoms with Gasteiger partial charge in [-0.15, -0.1) is 0 Å². The molecule has 0 nitrogen and oxygen atoms in total. The number of unbranched alkanes of at least 4 members (excludes halogenated alkanes) is 1. The lowest BCUT2D eigenvalue weighted by atomic mass is 10.0. The molecule has 0 saturated heterocycles. The Balaban J connectivity index is 1.96. The summed E-state index contributed by atoms with van der Waals surface area (Å²) in [5.41, 5.74) is 0. The lowest BCUT2D eigenvalue weighted by molar-refractivity contribution is 0.724. The SMILES string of the molecule is CCCCSC1[CH]CC[CH]C1. The minimum Gasteiger partial charge on any atom is -0.158 e. The molecule has 0 amide bonds. The first-order valence-electron chi connectivity index (χ1n) is 4.70. The quantitative estimate of drug-likeness (QED) is 0.582. The van der Waals surface area contributed by atoms with Gasteiger partial charge in [0.1, 0.15) is 0 Å². The monoisotopic (exact) mass is 170 g/mol. The van der Waals surface area contributed by atoms with Gasteiger partial charge in [0.05, 0.1) is 0 Å². The van der Waals surface area contributed by atoms with Crippen LogP contribution in [0.5, 0.6) is 0 Å². The Labute approximate surface area is 75.1 Å². The largest absolute Gasteiger partial charge is 0.158 e. The third-order valence-electron chi connectivity index (χ3n) is 2.03. The molecule has 64 valence electrons. The van der Waals surface area contributed by atoms with Gasteiger partial charge >= 0.3 is 0 Å². The molecule has 1 atom stereocenters. The van der Waals surface area contributed by atoms with Crippen molar-refractivity contribution >= 4 is 11.8 Å². The molecule has 0 aromatic rings. The second kappa shape index (κ2) is 5.93. The van der Waals surface area contributed by atoms with Gasteiger partial charge in [0.15, 0.2) is 0 Å². The first-order valence-corrected chi connectivity index (χ1v) is 5.75. The number of thioether (sulfide) groups is 1. The van der Waals surface area contributed by atoms with Gasteiger partial charge in [-0.3, -0.25) is 0 Å². The van der Waals surface area contributed by atoms with Crippen LogP contribution in [0, 0.1) is 12.8 Å². The van der Waals surface area contributed by atoms with E-state index in [-0.39, 0.29) is 0 Å². The van der Waals surface area contributed by atoms with Gasteiger partial charge in [0.2, 0.25) is 0 Å². The van der Waals surface area contributed by atoms with E-state index in [4.69, 9.17) is 0 Å². The predicted molar refractivity (Wildman–Crippen MR) is 53.6 cm³/mol. The van der Waals surface area contributed by atoms with Crippen LogP contribution >= 0.6 is 11.8 Å². The fourth-order valence-electron chi connectivity index (χ4n) is 1.29. The van der Waals surface area contributed by atoms with Crippen LogP contribution in [0.25, 0.3) is 0 Å². The maximum atomic E-state index is 2.49. The van der Waals surface area contributed by atoms with Gasteiger partial charge in [-0.05, 0) is 44.3 Å². The molecule has 1 saturated carbocycles. The van der Waals surface area contributed by atoms with Crippen molar-refractivity contribution < 1.29 is 0 Å². The van der Waals surface area contributed by atoms with E-state index in [1.54, 1.807) is 0 Å². The van der Waals surface area contributed by atoms with E-state index >= 15 is 0 Å². The lowest BCUT2D eigenvalue weighted by Crippen LogP contribution is -2.09. The minimum absolute atomic E-state index is 0.843. The summed E-state index contributed by atoms with van der Waals surface area (Å²) in [5.74, 6) is 1.35. The molecular formula is C10H18S. The van der Waals surface area contributed by atoms with E-state index in [1.165, 1.54) is 37.9 Å². The molecule has 0 aliphatic heterocycles. The highest BCUT2D eigenvalue weighted by Crippen LogP contribution is 2.27. The van der Waals surface area contributed by atoms with E-state index in [0.29, 0.717) is 0 Å². The molecule has 0 spiro atoms. The molecule has 1 aliphatic rings. The molecule has 1 unspecified atom stereocenters. The average Bonchev–Trinajstić information content (AvgIpc) is 2.07. The molecule has 1 rings (SSSR count). The molecule has 0 aromatic heterocycles. The summed E-state index contributed by atoms with van der Waals surface area (Å²) in [6, 6.07) is 0. The highest BCUT2D eigenvalue weighted by molar-refractivity contribution is 8.00. The summed E-state index contributed by atoms with van der Waals surface area (Å²) in [5, 5.41) is 0.843. The Hall–Kier alpha value is 0.350. The zero-order valence-corrected chi connectivity index (χ0v) is 8.20. The third kappa shape index (κ3) is 4.05. The van der Waals surface area contributed by atoms with Crippen molar-refractivity contribution in [2.75, 3.05) is 5.75 Å². The fourth-order valence-corrected chi connectivity index (χ4v) is 2.60. The van der Waals surface area contributed by atoms with Gasteiger partial charge in [0.25, 0.3) is 0 Å². The van der Waals surface area contributed by atoms with E-state index in [9.17, 15) is 0 Å². The van der Waals surface area contributed by atoms with E-state index < -0.39 is 0 Å². The third-order valence-corrected chi connectivity index (χ3v) is 3.37. The first kappa shape index (κ1) is 9.44. The number of hydrogen-bond acceptors (Lipinski definition) is 1. The Bertz CT molecular complexity index is 84.9. The van der Waals surface area contributed by atoms with E-state index in [0.717, 1.165) is 5.25 Å². The zero-order chi connectivity index (χ0) is 7.94. The van der Waals surface area contributed by atoms with Gasteiger partial charge in [-0.1, -0.05) is 13.3 Å². The highest BCUT2D eigenvalue weighted by Gasteiger charge is 2.12. The summed E-state index contributed by atoms with van der Waals surface area (Å²) >= 11 is 2.14. The Kier molecular flexibility index (Phi) is 5.09. The molecule has 2 radical (unpaired) electrons. The van der Waals surface area contributed by atoms with E-state index in [2.05, 4.69) is 31.5 Å². The van der Waals surface area contributed by atoms with Crippen molar-refractivity contribution in [2.45, 2.75) is 44.3 Å². The van der Waals surface area contributed by atoms with Crippen LogP contribution in [0.1, 0.15) is 39.0 Å². The smallest absolute Gasteiger partial charge is 0.00811 e. The highest BCUT2D eigenvalue weighted by atomic mass is 32.2. The summed E-state index contributed by atoms with van der Waals surface area (Å²) in [7, 11) is 0. The molecule has 0 aromatic carbocycles. The molecule has 0 N–H and O–H groups in total. The van der Waals surface area contributed by atoms with Crippen LogP contribution in [-0.2, 0) is 0 Å². The number of hydrogen-bond donors (Lipinski definition) is 0. The van der Waals surface area contributed by atoms with Crippen LogP contribution < -0.4 is 0 Å². The molecule has 1 heteroatoms. The van der Waals surface area contributed by atoms with Crippen LogP contribution in [0.3, 0.4) is 0 Å². The average molecular weight is 170 g/mol. The van der Waals surface area contributed by atoms with Gasteiger partial charge < -0.3 is 0 Å². The summed E-state index contributed by atoms with van der Waals surface area (Å²) in [6.07, 6.45) is 11.6. The molecule has 1 fully saturated rings. The van der Waals surface area contributed by atoms with Gasteiger partial charge in [0, 0.05) is 5.25 Å².